The number of carbonyl (C=O) groups excluding carboxylic acids is 1. The van der Waals surface area contributed by atoms with Gasteiger partial charge in [0.2, 0.25) is 0 Å². The van der Waals surface area contributed by atoms with Gasteiger partial charge in [0.05, 0.1) is 19.6 Å². The number of nitrogens with one attached hydrogen (secondary N) is 1. The molecule has 0 saturated heterocycles. The molecule has 0 spiro atoms. The molecular formula is C11H16N2O4. The summed E-state index contributed by atoms with van der Waals surface area (Å²) >= 11 is 0. The average Bonchev–Trinajstić information content (AvgIpc) is 2.37. The van der Waals surface area contributed by atoms with Crippen LogP contribution < -0.4 is 11.3 Å². The molecule has 1 rings (SSSR count). The fourth-order valence-electron chi connectivity index (χ4n) is 1.40. The van der Waals surface area contributed by atoms with Crippen LogP contribution in [-0.4, -0.2) is 29.4 Å². The van der Waals surface area contributed by atoms with E-state index in [-0.39, 0.29) is 6.42 Å². The number of carbonyl (C=O) groups is 1. The number of esters is 1. The first-order valence-corrected chi connectivity index (χ1v) is 5.08. The number of hydrazine groups is 1. The van der Waals surface area contributed by atoms with Crippen LogP contribution in [0.2, 0.25) is 0 Å². The second-order valence-corrected chi connectivity index (χ2v) is 3.56. The molecule has 0 aliphatic heterocycles. The number of anilines is 1. The number of benzene rings is 1. The lowest BCUT2D eigenvalue weighted by atomic mass is 10.0. The summed E-state index contributed by atoms with van der Waals surface area (Å²) in [5.74, 6) is 4.65. The van der Waals surface area contributed by atoms with Crippen LogP contribution in [0.15, 0.2) is 24.3 Å². The molecule has 0 saturated carbocycles. The maximum absolute atomic E-state index is 11.0. The predicted molar refractivity (Wildman–Crippen MR) is 61.9 cm³/mol. The molecule has 1 aromatic carbocycles. The standard InChI is InChI=1S/C11H16N2O4/c1-17-10(15)6-9(14)11(16)7-3-2-4-8(5-7)13-12/h2-5,9,11,13-14,16H,6,12H2,1H3. The zero-order valence-electron chi connectivity index (χ0n) is 9.46. The van der Waals surface area contributed by atoms with Gasteiger partial charge in [-0.25, -0.2) is 0 Å². The Morgan fingerprint density at radius 2 is 2.24 bits per heavy atom. The number of rotatable bonds is 5. The third-order valence-electron chi connectivity index (χ3n) is 2.36. The molecule has 0 aliphatic carbocycles. The highest BCUT2D eigenvalue weighted by Crippen LogP contribution is 2.21. The van der Waals surface area contributed by atoms with Crippen LogP contribution in [0.3, 0.4) is 0 Å². The van der Waals surface area contributed by atoms with Gasteiger partial charge in [0.1, 0.15) is 6.10 Å². The average molecular weight is 240 g/mol. The van der Waals surface area contributed by atoms with Crippen molar-refractivity contribution in [3.63, 3.8) is 0 Å². The molecule has 94 valence electrons. The Balaban J connectivity index is 2.73. The molecule has 0 aliphatic rings. The third kappa shape index (κ3) is 3.70. The summed E-state index contributed by atoms with van der Waals surface area (Å²) in [6.45, 7) is 0. The van der Waals surface area contributed by atoms with Crippen LogP contribution in [0.25, 0.3) is 0 Å². The van der Waals surface area contributed by atoms with E-state index in [2.05, 4.69) is 10.2 Å². The molecule has 6 nitrogen and oxygen atoms in total. The summed E-state index contributed by atoms with van der Waals surface area (Å²) in [4.78, 5) is 11.0. The number of methoxy groups -OCH3 is 1. The van der Waals surface area contributed by atoms with E-state index in [1.165, 1.54) is 7.11 Å². The van der Waals surface area contributed by atoms with Gasteiger partial charge >= 0.3 is 5.97 Å². The first-order valence-electron chi connectivity index (χ1n) is 5.08. The summed E-state index contributed by atoms with van der Waals surface area (Å²) in [5.41, 5.74) is 3.50. The van der Waals surface area contributed by atoms with Crippen molar-refractivity contribution in [3.05, 3.63) is 29.8 Å². The Labute approximate surface area is 99.0 Å². The van der Waals surface area contributed by atoms with E-state index in [0.717, 1.165) is 0 Å². The maximum Gasteiger partial charge on any atom is 0.308 e. The molecule has 0 amide bonds. The van der Waals surface area contributed by atoms with Crippen LogP contribution in [0.1, 0.15) is 18.1 Å². The highest BCUT2D eigenvalue weighted by atomic mass is 16.5. The van der Waals surface area contributed by atoms with Crippen molar-refractivity contribution in [3.8, 4) is 0 Å². The number of aliphatic hydroxyl groups excluding tert-OH is 2. The molecule has 0 radical (unpaired) electrons. The summed E-state index contributed by atoms with van der Waals surface area (Å²) in [7, 11) is 1.22. The van der Waals surface area contributed by atoms with Gasteiger partial charge in [0.15, 0.2) is 0 Å². The quantitative estimate of drug-likeness (QED) is 0.326. The topological polar surface area (TPSA) is 105 Å². The second kappa shape index (κ2) is 6.19. The molecule has 0 aromatic heterocycles. The molecule has 2 atom stereocenters. The fourth-order valence-corrected chi connectivity index (χ4v) is 1.40. The lowest BCUT2D eigenvalue weighted by Crippen LogP contribution is -2.22. The molecule has 1 aromatic rings. The van der Waals surface area contributed by atoms with Gasteiger partial charge in [0, 0.05) is 5.69 Å². The Kier molecular flexibility index (Phi) is 4.89. The highest BCUT2D eigenvalue weighted by Gasteiger charge is 2.21. The predicted octanol–water partition coefficient (Wildman–Crippen LogP) is -0.0704. The minimum absolute atomic E-state index is 0.266. The van der Waals surface area contributed by atoms with Gasteiger partial charge < -0.3 is 20.4 Å². The lowest BCUT2D eigenvalue weighted by Gasteiger charge is -2.17. The summed E-state index contributed by atoms with van der Waals surface area (Å²) in [6.07, 6.45) is -2.64. The SMILES string of the molecule is COC(=O)CC(O)C(O)c1cccc(NN)c1. The van der Waals surface area contributed by atoms with Crippen molar-refractivity contribution >= 4 is 11.7 Å². The van der Waals surface area contributed by atoms with Crippen molar-refractivity contribution in [2.75, 3.05) is 12.5 Å². The van der Waals surface area contributed by atoms with Crippen LogP contribution in [-0.2, 0) is 9.53 Å². The summed E-state index contributed by atoms with van der Waals surface area (Å²) in [6, 6.07) is 6.61. The van der Waals surface area contributed by atoms with Crippen molar-refractivity contribution in [1.29, 1.82) is 0 Å². The van der Waals surface area contributed by atoms with E-state index in [0.29, 0.717) is 11.3 Å². The van der Waals surface area contributed by atoms with E-state index in [9.17, 15) is 15.0 Å². The van der Waals surface area contributed by atoms with E-state index in [1.807, 2.05) is 0 Å². The van der Waals surface area contributed by atoms with Gasteiger partial charge in [-0.05, 0) is 17.7 Å². The lowest BCUT2D eigenvalue weighted by molar-refractivity contribution is -0.144. The third-order valence-corrected chi connectivity index (χ3v) is 2.36. The molecule has 2 unspecified atom stereocenters. The number of aliphatic hydroxyl groups is 2. The van der Waals surface area contributed by atoms with Crippen LogP contribution in [0.4, 0.5) is 5.69 Å². The first kappa shape index (κ1) is 13.4. The minimum Gasteiger partial charge on any atom is -0.469 e. The summed E-state index contributed by atoms with van der Waals surface area (Å²) < 4.78 is 4.41. The van der Waals surface area contributed by atoms with Gasteiger partial charge in [-0.1, -0.05) is 12.1 Å². The fraction of sp³-hybridized carbons (Fsp3) is 0.364. The zero-order chi connectivity index (χ0) is 12.8. The van der Waals surface area contributed by atoms with Gasteiger partial charge in [-0.3, -0.25) is 10.6 Å². The van der Waals surface area contributed by atoms with Gasteiger partial charge in [-0.15, -0.1) is 0 Å². The Bertz CT molecular complexity index is 383. The van der Waals surface area contributed by atoms with Crippen molar-refractivity contribution in [2.24, 2.45) is 5.84 Å². The molecule has 6 heteroatoms. The van der Waals surface area contributed by atoms with Crippen molar-refractivity contribution in [2.45, 2.75) is 18.6 Å². The van der Waals surface area contributed by atoms with Crippen LogP contribution in [0.5, 0.6) is 0 Å². The van der Waals surface area contributed by atoms with E-state index >= 15 is 0 Å². The Morgan fingerprint density at radius 1 is 1.53 bits per heavy atom. The minimum atomic E-state index is -1.21. The van der Waals surface area contributed by atoms with Gasteiger partial charge in [-0.2, -0.15) is 0 Å². The van der Waals surface area contributed by atoms with E-state index in [4.69, 9.17) is 5.84 Å². The van der Waals surface area contributed by atoms with Crippen molar-refractivity contribution in [1.82, 2.24) is 0 Å². The number of nitrogens with two attached hydrogens (primary N) is 1. The molecule has 5 N–H and O–H groups in total. The molecular weight excluding hydrogens is 224 g/mol. The number of hydrogen-bond acceptors (Lipinski definition) is 6. The normalized spacial score (nSPS) is 13.9. The monoisotopic (exact) mass is 240 g/mol. The molecule has 17 heavy (non-hydrogen) atoms. The smallest absolute Gasteiger partial charge is 0.308 e. The molecule has 0 bridgehead atoms. The number of ether oxygens (including phenoxy) is 1. The van der Waals surface area contributed by atoms with E-state index in [1.54, 1.807) is 24.3 Å². The second-order valence-electron chi connectivity index (χ2n) is 3.56. The zero-order valence-corrected chi connectivity index (χ0v) is 9.46. The summed E-state index contributed by atoms with van der Waals surface area (Å²) in [5, 5.41) is 19.5. The Hall–Kier alpha value is -1.63. The first-order chi connectivity index (χ1) is 8.08. The van der Waals surface area contributed by atoms with Crippen LogP contribution >= 0.6 is 0 Å². The largest absolute Gasteiger partial charge is 0.469 e. The van der Waals surface area contributed by atoms with Gasteiger partial charge in [0.25, 0.3) is 0 Å². The number of nitrogen functional groups attached to an aromatic ring is 1. The highest BCUT2D eigenvalue weighted by molar-refractivity contribution is 5.69. The molecule has 0 fully saturated rings. The van der Waals surface area contributed by atoms with E-state index < -0.39 is 18.2 Å². The Morgan fingerprint density at radius 3 is 2.82 bits per heavy atom. The van der Waals surface area contributed by atoms with Crippen LogP contribution in [0, 0.1) is 0 Å². The number of hydrogen-bond donors (Lipinski definition) is 4. The maximum atomic E-state index is 11.0. The molecule has 0 heterocycles. The van der Waals surface area contributed by atoms with Crippen molar-refractivity contribution < 1.29 is 19.7 Å².